The van der Waals surface area contributed by atoms with Gasteiger partial charge in [0.25, 0.3) is 0 Å². The van der Waals surface area contributed by atoms with Gasteiger partial charge in [0.05, 0.1) is 0 Å². The smallest absolute Gasteiger partial charge is 0.302 e. The van der Waals surface area contributed by atoms with Gasteiger partial charge in [-0.3, -0.25) is 4.79 Å². The first-order valence-electron chi connectivity index (χ1n) is 5.58. The van der Waals surface area contributed by atoms with Crippen molar-refractivity contribution in [1.29, 1.82) is 0 Å². The Kier molecular flexibility index (Phi) is 4.11. The Labute approximate surface area is 97.6 Å². The largest absolute Gasteiger partial charge is 0.461 e. The fraction of sp³-hybridized carbons (Fsp3) is 0.500. The minimum Gasteiger partial charge on any atom is -0.461 e. The molecule has 0 N–H and O–H groups in total. The summed E-state index contributed by atoms with van der Waals surface area (Å²) in [7, 11) is 0. The molecule has 0 saturated carbocycles. The van der Waals surface area contributed by atoms with Crippen molar-refractivity contribution < 1.29 is 9.53 Å². The Morgan fingerprint density at radius 3 is 2.25 bits per heavy atom. The number of carbonyl (C=O) groups excluding carboxylic acids is 1. The Morgan fingerprint density at radius 2 is 1.75 bits per heavy atom. The van der Waals surface area contributed by atoms with E-state index in [1.54, 1.807) is 0 Å². The van der Waals surface area contributed by atoms with Gasteiger partial charge in [0.15, 0.2) is 0 Å². The number of ether oxygens (including phenoxy) is 1. The highest BCUT2D eigenvalue weighted by molar-refractivity contribution is 5.65. The van der Waals surface area contributed by atoms with Gasteiger partial charge in [0.2, 0.25) is 0 Å². The molecule has 0 aliphatic heterocycles. The lowest BCUT2D eigenvalue weighted by molar-refractivity contribution is -0.142. The topological polar surface area (TPSA) is 26.3 Å². The summed E-state index contributed by atoms with van der Waals surface area (Å²) in [5.74, 6) is -0.231. The zero-order chi connectivity index (χ0) is 12.2. The van der Waals surface area contributed by atoms with Crippen molar-refractivity contribution in [1.82, 2.24) is 0 Å². The summed E-state index contributed by atoms with van der Waals surface area (Å²) in [6.07, 6.45) is 0.991. The zero-order valence-electron chi connectivity index (χ0n) is 10.5. The molecule has 0 bridgehead atoms. The van der Waals surface area contributed by atoms with Gasteiger partial charge in [0, 0.05) is 6.92 Å². The Balaban J connectivity index is 2.79. The average molecular weight is 220 g/mol. The molecule has 16 heavy (non-hydrogen) atoms. The molecule has 1 aromatic carbocycles. The minimum atomic E-state index is -0.231. The number of hydrogen-bond acceptors (Lipinski definition) is 2. The van der Waals surface area contributed by atoms with Crippen LogP contribution in [-0.4, -0.2) is 5.97 Å². The Morgan fingerprint density at radius 1 is 1.19 bits per heavy atom. The molecule has 0 amide bonds. The van der Waals surface area contributed by atoms with E-state index in [0.717, 1.165) is 12.0 Å². The number of carbonyl (C=O) groups is 1. The normalized spacial score (nSPS) is 11.2. The summed E-state index contributed by atoms with van der Waals surface area (Å²) < 4.78 is 5.04. The van der Waals surface area contributed by atoms with Gasteiger partial charge >= 0.3 is 5.97 Å². The highest BCUT2D eigenvalue weighted by Gasteiger charge is 2.13. The summed E-state index contributed by atoms with van der Waals surface area (Å²) in [5.41, 5.74) is 2.61. The molecule has 88 valence electrons. The van der Waals surface area contributed by atoms with Gasteiger partial charge in [-0.05, 0) is 23.0 Å². The van der Waals surface area contributed by atoms with Crippen LogP contribution in [-0.2, 0) is 22.6 Å². The molecular formula is C14H20O2. The van der Waals surface area contributed by atoms with Crippen LogP contribution in [0.15, 0.2) is 24.3 Å². The third-order valence-corrected chi connectivity index (χ3v) is 2.27. The summed E-state index contributed by atoms with van der Waals surface area (Å²) in [4.78, 5) is 10.8. The van der Waals surface area contributed by atoms with Gasteiger partial charge < -0.3 is 4.74 Å². The predicted molar refractivity (Wildman–Crippen MR) is 65.1 cm³/mol. The predicted octanol–water partition coefficient (Wildman–Crippen LogP) is 3.34. The van der Waals surface area contributed by atoms with E-state index in [4.69, 9.17) is 4.74 Å². The molecule has 0 atom stereocenters. The molecular weight excluding hydrogens is 200 g/mol. The number of benzene rings is 1. The third kappa shape index (κ3) is 4.47. The highest BCUT2D eigenvalue weighted by Crippen LogP contribution is 2.23. The van der Waals surface area contributed by atoms with Crippen LogP contribution in [0.3, 0.4) is 0 Å². The minimum absolute atomic E-state index is 0.231. The van der Waals surface area contributed by atoms with Gasteiger partial charge in [-0.25, -0.2) is 0 Å². The lowest BCUT2D eigenvalue weighted by Crippen LogP contribution is -2.11. The van der Waals surface area contributed by atoms with E-state index in [1.165, 1.54) is 12.5 Å². The van der Waals surface area contributed by atoms with Crippen LogP contribution in [0.5, 0.6) is 0 Å². The highest BCUT2D eigenvalue weighted by atomic mass is 16.5. The monoisotopic (exact) mass is 220 g/mol. The molecule has 1 aromatic rings. The van der Waals surface area contributed by atoms with Crippen molar-refractivity contribution in [2.24, 2.45) is 5.41 Å². The van der Waals surface area contributed by atoms with Crippen LogP contribution in [0.2, 0.25) is 0 Å². The fourth-order valence-corrected chi connectivity index (χ4v) is 1.62. The summed E-state index contributed by atoms with van der Waals surface area (Å²) >= 11 is 0. The molecule has 0 spiro atoms. The first-order chi connectivity index (χ1) is 7.38. The van der Waals surface area contributed by atoms with Crippen LogP contribution < -0.4 is 0 Å². The van der Waals surface area contributed by atoms with E-state index in [2.05, 4.69) is 26.8 Å². The van der Waals surface area contributed by atoms with Crippen molar-refractivity contribution >= 4 is 5.97 Å². The standard InChI is InChI=1S/C14H20O2/c1-11(15)16-10-13-8-6-5-7-12(13)9-14(2,3)4/h5-8H,9-10H2,1-4H3. The SMILES string of the molecule is CC(=O)OCc1ccccc1CC(C)(C)C. The lowest BCUT2D eigenvalue weighted by Gasteiger charge is -2.20. The van der Waals surface area contributed by atoms with Gasteiger partial charge in [-0.1, -0.05) is 45.0 Å². The molecule has 0 aromatic heterocycles. The molecule has 0 saturated heterocycles. The van der Waals surface area contributed by atoms with Crippen LogP contribution in [0.4, 0.5) is 0 Å². The van der Waals surface area contributed by atoms with Crippen molar-refractivity contribution in [2.45, 2.75) is 40.7 Å². The second kappa shape index (κ2) is 5.15. The Bertz CT molecular complexity index is 361. The van der Waals surface area contributed by atoms with E-state index in [0.29, 0.717) is 6.61 Å². The molecule has 0 fully saturated rings. The first-order valence-corrected chi connectivity index (χ1v) is 5.58. The molecule has 2 heteroatoms. The van der Waals surface area contributed by atoms with E-state index >= 15 is 0 Å². The van der Waals surface area contributed by atoms with E-state index in [-0.39, 0.29) is 11.4 Å². The molecule has 1 rings (SSSR count). The summed E-state index contributed by atoms with van der Waals surface area (Å²) in [6.45, 7) is 8.43. The number of rotatable bonds is 3. The van der Waals surface area contributed by atoms with Crippen molar-refractivity contribution in [3.8, 4) is 0 Å². The molecule has 0 aliphatic carbocycles. The quantitative estimate of drug-likeness (QED) is 0.730. The zero-order valence-corrected chi connectivity index (χ0v) is 10.5. The van der Waals surface area contributed by atoms with Crippen LogP contribution in [0.25, 0.3) is 0 Å². The maximum Gasteiger partial charge on any atom is 0.302 e. The van der Waals surface area contributed by atoms with Crippen molar-refractivity contribution in [3.63, 3.8) is 0 Å². The second-order valence-electron chi connectivity index (χ2n) is 5.29. The maximum atomic E-state index is 10.8. The number of esters is 1. The molecule has 2 nitrogen and oxygen atoms in total. The van der Waals surface area contributed by atoms with E-state index < -0.39 is 0 Å². The maximum absolute atomic E-state index is 10.8. The van der Waals surface area contributed by atoms with Gasteiger partial charge in [-0.15, -0.1) is 0 Å². The molecule has 0 heterocycles. The van der Waals surface area contributed by atoms with Crippen LogP contribution >= 0.6 is 0 Å². The van der Waals surface area contributed by atoms with Crippen molar-refractivity contribution in [2.75, 3.05) is 0 Å². The molecule has 0 aliphatic rings. The lowest BCUT2D eigenvalue weighted by atomic mass is 9.86. The number of hydrogen-bond donors (Lipinski definition) is 0. The third-order valence-electron chi connectivity index (χ3n) is 2.27. The Hall–Kier alpha value is -1.31. The van der Waals surface area contributed by atoms with Gasteiger partial charge in [-0.2, -0.15) is 0 Å². The molecule has 0 unspecified atom stereocenters. The second-order valence-corrected chi connectivity index (χ2v) is 5.29. The van der Waals surface area contributed by atoms with Crippen LogP contribution in [0, 0.1) is 5.41 Å². The molecule has 0 radical (unpaired) electrons. The van der Waals surface area contributed by atoms with E-state index in [1.807, 2.05) is 18.2 Å². The summed E-state index contributed by atoms with van der Waals surface area (Å²) in [6, 6.07) is 8.12. The summed E-state index contributed by atoms with van der Waals surface area (Å²) in [5, 5.41) is 0. The van der Waals surface area contributed by atoms with Crippen molar-refractivity contribution in [3.05, 3.63) is 35.4 Å². The fourth-order valence-electron chi connectivity index (χ4n) is 1.62. The van der Waals surface area contributed by atoms with Crippen LogP contribution in [0.1, 0.15) is 38.8 Å². The van der Waals surface area contributed by atoms with E-state index in [9.17, 15) is 4.79 Å². The first kappa shape index (κ1) is 12.8. The van der Waals surface area contributed by atoms with Gasteiger partial charge in [0.1, 0.15) is 6.61 Å². The average Bonchev–Trinajstić information content (AvgIpc) is 2.14.